The molecule has 0 unspecified atom stereocenters. The molecule has 0 amide bonds. The summed E-state index contributed by atoms with van der Waals surface area (Å²) < 4.78 is 1.89. The smallest absolute Gasteiger partial charge is 0.179 e. The lowest BCUT2D eigenvalue weighted by molar-refractivity contribution is 0.865. The molecule has 0 saturated carbocycles. The van der Waals surface area contributed by atoms with Crippen LogP contribution in [-0.4, -0.2) is 19.6 Å². The van der Waals surface area contributed by atoms with E-state index in [4.69, 9.17) is 0 Å². The van der Waals surface area contributed by atoms with Gasteiger partial charge < -0.3 is 0 Å². The van der Waals surface area contributed by atoms with Gasteiger partial charge in [0.25, 0.3) is 0 Å². The lowest BCUT2D eigenvalue weighted by Crippen LogP contribution is -1.93. The highest BCUT2D eigenvalue weighted by Gasteiger charge is 1.96. The molecule has 0 radical (unpaired) electrons. The Labute approximate surface area is 84.0 Å². The van der Waals surface area contributed by atoms with Crippen LogP contribution in [0.5, 0.6) is 0 Å². The first-order chi connectivity index (χ1) is 6.90. The molecule has 0 fully saturated rings. The number of fused-ring (bicyclic) bond motifs is 1. The van der Waals surface area contributed by atoms with Gasteiger partial charge in [0.15, 0.2) is 5.65 Å². The normalized spacial score (nSPS) is 9.64. The third-order valence-electron chi connectivity index (χ3n) is 1.74. The molecular formula is C10H16N4. The van der Waals surface area contributed by atoms with Crippen molar-refractivity contribution >= 4 is 5.65 Å². The van der Waals surface area contributed by atoms with Crippen LogP contribution in [0.25, 0.3) is 5.65 Å². The summed E-state index contributed by atoms with van der Waals surface area (Å²) in [5, 5.41) is 7.65. The van der Waals surface area contributed by atoms with Gasteiger partial charge in [-0.2, -0.15) is 0 Å². The van der Waals surface area contributed by atoms with Crippen molar-refractivity contribution in [3.05, 3.63) is 24.4 Å². The van der Waals surface area contributed by atoms with Gasteiger partial charge >= 0.3 is 0 Å². The highest BCUT2D eigenvalue weighted by atomic mass is 15.2. The maximum Gasteiger partial charge on any atom is 0.179 e. The second-order valence-corrected chi connectivity index (χ2v) is 2.73. The van der Waals surface area contributed by atoms with E-state index in [0.717, 1.165) is 24.2 Å². The molecule has 14 heavy (non-hydrogen) atoms. The molecule has 2 aromatic heterocycles. The first-order valence-corrected chi connectivity index (χ1v) is 5.04. The summed E-state index contributed by atoms with van der Waals surface area (Å²) in [6.07, 6.45) is 7.53. The van der Waals surface area contributed by atoms with Crippen molar-refractivity contribution in [2.75, 3.05) is 0 Å². The molecule has 0 atom stereocenters. The summed E-state index contributed by atoms with van der Waals surface area (Å²) in [6, 6.07) is 0. The van der Waals surface area contributed by atoms with Crippen molar-refractivity contribution in [2.24, 2.45) is 0 Å². The molecule has 2 aromatic rings. The minimum absolute atomic E-state index is 0.801. The summed E-state index contributed by atoms with van der Waals surface area (Å²) in [5.74, 6) is 0. The van der Waals surface area contributed by atoms with Crippen molar-refractivity contribution in [1.82, 2.24) is 19.6 Å². The molecular weight excluding hydrogens is 176 g/mol. The lowest BCUT2D eigenvalue weighted by atomic mass is 10.3. The van der Waals surface area contributed by atoms with Crippen molar-refractivity contribution in [3.8, 4) is 0 Å². The van der Waals surface area contributed by atoms with Gasteiger partial charge in [0.2, 0.25) is 0 Å². The topological polar surface area (TPSA) is 43.1 Å². The third-order valence-corrected chi connectivity index (χ3v) is 1.74. The van der Waals surface area contributed by atoms with Gasteiger partial charge in [-0.15, -0.1) is 10.2 Å². The van der Waals surface area contributed by atoms with Gasteiger partial charge in [-0.1, -0.05) is 27.2 Å². The maximum atomic E-state index is 4.25. The molecule has 2 rings (SSSR count). The SMILES string of the molecule is CC.CCCc1cn2cnnc2cn1. The van der Waals surface area contributed by atoms with E-state index in [9.17, 15) is 0 Å². The van der Waals surface area contributed by atoms with Gasteiger partial charge in [0, 0.05) is 6.20 Å². The summed E-state index contributed by atoms with van der Waals surface area (Å²) >= 11 is 0. The van der Waals surface area contributed by atoms with E-state index in [2.05, 4.69) is 22.1 Å². The Bertz CT molecular complexity index is 380. The largest absolute Gasteiger partial charge is 0.286 e. The van der Waals surface area contributed by atoms with Crippen LogP contribution in [0, 0.1) is 0 Å². The molecule has 0 aliphatic heterocycles. The number of aryl methyl sites for hydroxylation is 1. The Morgan fingerprint density at radius 2 is 2.14 bits per heavy atom. The lowest BCUT2D eigenvalue weighted by Gasteiger charge is -1.96. The van der Waals surface area contributed by atoms with Crippen molar-refractivity contribution < 1.29 is 0 Å². The molecule has 76 valence electrons. The van der Waals surface area contributed by atoms with Gasteiger partial charge in [-0.25, -0.2) is 0 Å². The number of nitrogens with zero attached hydrogens (tertiary/aromatic N) is 4. The second kappa shape index (κ2) is 5.32. The van der Waals surface area contributed by atoms with Crippen LogP contribution >= 0.6 is 0 Å². The number of aromatic nitrogens is 4. The standard InChI is InChI=1S/C8H10N4.C2H6/c1-2-3-7-5-12-6-10-11-8(12)4-9-7;1-2/h4-6H,2-3H2,1H3;1-2H3. The minimum Gasteiger partial charge on any atom is -0.286 e. The fourth-order valence-electron chi connectivity index (χ4n) is 1.16. The Morgan fingerprint density at radius 3 is 2.86 bits per heavy atom. The van der Waals surface area contributed by atoms with Crippen LogP contribution in [-0.2, 0) is 6.42 Å². The molecule has 0 bridgehead atoms. The Hall–Kier alpha value is -1.45. The third kappa shape index (κ3) is 2.28. The summed E-state index contributed by atoms with van der Waals surface area (Å²) in [7, 11) is 0. The van der Waals surface area contributed by atoms with Crippen LogP contribution in [0.4, 0.5) is 0 Å². The van der Waals surface area contributed by atoms with Crippen LogP contribution in [0.3, 0.4) is 0 Å². The van der Waals surface area contributed by atoms with Crippen molar-refractivity contribution in [1.29, 1.82) is 0 Å². The first-order valence-electron chi connectivity index (χ1n) is 5.04. The van der Waals surface area contributed by atoms with E-state index >= 15 is 0 Å². The Kier molecular flexibility index (Phi) is 4.04. The van der Waals surface area contributed by atoms with Gasteiger partial charge in [0.1, 0.15) is 6.33 Å². The summed E-state index contributed by atoms with van der Waals surface area (Å²) in [6.45, 7) is 6.14. The van der Waals surface area contributed by atoms with Crippen molar-refractivity contribution in [2.45, 2.75) is 33.6 Å². The first kappa shape index (κ1) is 10.6. The average Bonchev–Trinajstić information content (AvgIpc) is 2.68. The van der Waals surface area contributed by atoms with Crippen LogP contribution < -0.4 is 0 Å². The number of hydrogen-bond acceptors (Lipinski definition) is 3. The van der Waals surface area contributed by atoms with E-state index in [1.54, 1.807) is 12.5 Å². The zero-order chi connectivity index (χ0) is 10.4. The van der Waals surface area contributed by atoms with Crippen LogP contribution in [0.2, 0.25) is 0 Å². The maximum absolute atomic E-state index is 4.25. The van der Waals surface area contributed by atoms with Gasteiger partial charge in [0.05, 0.1) is 11.9 Å². The Balaban J connectivity index is 0.000000461. The molecule has 0 aliphatic rings. The van der Waals surface area contributed by atoms with Crippen molar-refractivity contribution in [3.63, 3.8) is 0 Å². The quantitative estimate of drug-likeness (QED) is 0.731. The molecule has 2 heterocycles. The molecule has 4 heteroatoms. The van der Waals surface area contributed by atoms with E-state index in [1.807, 2.05) is 24.4 Å². The summed E-state index contributed by atoms with van der Waals surface area (Å²) in [5.41, 5.74) is 1.89. The van der Waals surface area contributed by atoms with Crippen LogP contribution in [0.15, 0.2) is 18.7 Å². The average molecular weight is 192 g/mol. The number of hydrogen-bond donors (Lipinski definition) is 0. The fraction of sp³-hybridized carbons (Fsp3) is 0.500. The second-order valence-electron chi connectivity index (χ2n) is 2.73. The predicted molar refractivity (Wildman–Crippen MR) is 56.1 cm³/mol. The molecule has 0 saturated heterocycles. The van der Waals surface area contributed by atoms with E-state index in [1.165, 1.54) is 0 Å². The Morgan fingerprint density at radius 1 is 1.36 bits per heavy atom. The van der Waals surface area contributed by atoms with E-state index in [0.29, 0.717) is 0 Å². The monoisotopic (exact) mass is 192 g/mol. The predicted octanol–water partition coefficient (Wildman–Crippen LogP) is 2.10. The molecule has 0 N–H and O–H groups in total. The minimum atomic E-state index is 0.801. The zero-order valence-corrected chi connectivity index (χ0v) is 8.94. The van der Waals surface area contributed by atoms with E-state index < -0.39 is 0 Å². The highest BCUT2D eigenvalue weighted by Crippen LogP contribution is 2.01. The van der Waals surface area contributed by atoms with E-state index in [-0.39, 0.29) is 0 Å². The number of rotatable bonds is 2. The van der Waals surface area contributed by atoms with Gasteiger partial charge in [-0.05, 0) is 6.42 Å². The van der Waals surface area contributed by atoms with Crippen LogP contribution in [0.1, 0.15) is 32.9 Å². The highest BCUT2D eigenvalue weighted by molar-refractivity contribution is 5.32. The van der Waals surface area contributed by atoms with Gasteiger partial charge in [-0.3, -0.25) is 9.38 Å². The zero-order valence-electron chi connectivity index (χ0n) is 8.94. The molecule has 4 nitrogen and oxygen atoms in total. The molecule has 0 spiro atoms. The fourth-order valence-corrected chi connectivity index (χ4v) is 1.16. The molecule has 0 aromatic carbocycles. The molecule has 0 aliphatic carbocycles. The summed E-state index contributed by atoms with van der Waals surface area (Å²) in [4.78, 5) is 4.25.